The second-order valence-electron chi connectivity index (χ2n) is 5.92. The van der Waals surface area contributed by atoms with Crippen LogP contribution in [0.3, 0.4) is 0 Å². The summed E-state index contributed by atoms with van der Waals surface area (Å²) in [5.74, 6) is 2.56. The van der Waals surface area contributed by atoms with Gasteiger partial charge in [-0.1, -0.05) is 15.9 Å². The van der Waals surface area contributed by atoms with Gasteiger partial charge >= 0.3 is 0 Å². The first-order chi connectivity index (χ1) is 11.2. The molecule has 0 radical (unpaired) electrons. The normalized spacial score (nSPS) is 19.8. The number of aryl methyl sites for hydroxylation is 1. The minimum Gasteiger partial charge on any atom is -0.496 e. The van der Waals surface area contributed by atoms with Gasteiger partial charge in [-0.3, -0.25) is 4.98 Å². The number of methoxy groups -OCH3 is 1. The van der Waals surface area contributed by atoms with E-state index in [1.54, 1.807) is 7.11 Å². The van der Waals surface area contributed by atoms with Crippen LogP contribution in [0.5, 0.6) is 5.75 Å². The third-order valence-electron chi connectivity index (χ3n) is 4.29. The SMILES string of the molecule is COc1cc(Br)cc2nc([C@H]3C[C@@H]3c3nccc(C)n3)ccc12. The molecule has 0 amide bonds. The van der Waals surface area contributed by atoms with Gasteiger partial charge in [-0.15, -0.1) is 0 Å². The molecule has 2 aromatic heterocycles. The molecule has 3 aromatic rings. The van der Waals surface area contributed by atoms with Crippen LogP contribution in [-0.4, -0.2) is 22.1 Å². The van der Waals surface area contributed by atoms with E-state index in [4.69, 9.17) is 9.72 Å². The molecule has 2 atom stereocenters. The molecule has 1 saturated carbocycles. The van der Waals surface area contributed by atoms with Gasteiger partial charge in [-0.25, -0.2) is 9.97 Å². The third-order valence-corrected chi connectivity index (χ3v) is 4.75. The van der Waals surface area contributed by atoms with Crippen LogP contribution >= 0.6 is 15.9 Å². The van der Waals surface area contributed by atoms with Gasteiger partial charge in [-0.05, 0) is 43.7 Å². The number of ether oxygens (including phenoxy) is 1. The van der Waals surface area contributed by atoms with E-state index in [2.05, 4.69) is 38.0 Å². The van der Waals surface area contributed by atoms with Crippen molar-refractivity contribution in [1.29, 1.82) is 0 Å². The van der Waals surface area contributed by atoms with E-state index in [1.165, 1.54) is 0 Å². The van der Waals surface area contributed by atoms with Gasteiger partial charge in [-0.2, -0.15) is 0 Å². The quantitative estimate of drug-likeness (QED) is 0.687. The zero-order chi connectivity index (χ0) is 16.0. The van der Waals surface area contributed by atoms with E-state index < -0.39 is 0 Å². The maximum Gasteiger partial charge on any atom is 0.132 e. The highest BCUT2D eigenvalue weighted by Crippen LogP contribution is 2.53. The summed E-state index contributed by atoms with van der Waals surface area (Å²) in [6, 6.07) is 10.1. The van der Waals surface area contributed by atoms with Gasteiger partial charge in [0.25, 0.3) is 0 Å². The predicted octanol–water partition coefficient (Wildman–Crippen LogP) is 4.38. The van der Waals surface area contributed by atoms with E-state index in [-0.39, 0.29) is 0 Å². The summed E-state index contributed by atoms with van der Waals surface area (Å²) < 4.78 is 6.41. The van der Waals surface area contributed by atoms with E-state index in [1.807, 2.05) is 31.3 Å². The number of fused-ring (bicyclic) bond motifs is 1. The number of halogens is 1. The van der Waals surface area contributed by atoms with Crippen LogP contribution in [0.15, 0.2) is 41.0 Å². The Balaban J connectivity index is 1.68. The van der Waals surface area contributed by atoms with Crippen molar-refractivity contribution < 1.29 is 4.74 Å². The second-order valence-corrected chi connectivity index (χ2v) is 6.83. The molecule has 4 nitrogen and oxygen atoms in total. The highest BCUT2D eigenvalue weighted by atomic mass is 79.9. The summed E-state index contributed by atoms with van der Waals surface area (Å²) in [5, 5.41) is 1.03. The van der Waals surface area contributed by atoms with Crippen molar-refractivity contribution in [2.45, 2.75) is 25.2 Å². The van der Waals surface area contributed by atoms with Crippen molar-refractivity contribution in [3.05, 3.63) is 58.2 Å². The number of pyridine rings is 1. The minimum atomic E-state index is 0.383. The Morgan fingerprint density at radius 3 is 2.78 bits per heavy atom. The molecule has 1 fully saturated rings. The molecule has 0 N–H and O–H groups in total. The van der Waals surface area contributed by atoms with Crippen LogP contribution in [0.25, 0.3) is 10.9 Å². The molecule has 1 aliphatic carbocycles. The Hall–Kier alpha value is -2.01. The first-order valence-corrected chi connectivity index (χ1v) is 8.39. The highest BCUT2D eigenvalue weighted by Gasteiger charge is 2.42. The van der Waals surface area contributed by atoms with E-state index in [9.17, 15) is 0 Å². The molecular weight excluding hydrogens is 354 g/mol. The summed E-state index contributed by atoms with van der Waals surface area (Å²) in [5.41, 5.74) is 3.07. The van der Waals surface area contributed by atoms with Gasteiger partial charge in [0.15, 0.2) is 0 Å². The van der Waals surface area contributed by atoms with Crippen LogP contribution in [0.4, 0.5) is 0 Å². The highest BCUT2D eigenvalue weighted by molar-refractivity contribution is 9.10. The van der Waals surface area contributed by atoms with Crippen molar-refractivity contribution in [1.82, 2.24) is 15.0 Å². The molecule has 0 saturated heterocycles. The molecule has 23 heavy (non-hydrogen) atoms. The molecule has 4 rings (SSSR count). The number of aromatic nitrogens is 3. The fourth-order valence-corrected chi connectivity index (χ4v) is 3.44. The molecule has 1 aliphatic rings. The molecule has 116 valence electrons. The zero-order valence-electron chi connectivity index (χ0n) is 13.0. The molecule has 0 spiro atoms. The van der Waals surface area contributed by atoms with E-state index in [0.717, 1.165) is 44.8 Å². The van der Waals surface area contributed by atoms with E-state index >= 15 is 0 Å². The maximum atomic E-state index is 5.44. The smallest absolute Gasteiger partial charge is 0.132 e. The summed E-state index contributed by atoms with van der Waals surface area (Å²) in [6.45, 7) is 2.00. The van der Waals surface area contributed by atoms with Crippen LogP contribution in [0.1, 0.15) is 35.5 Å². The van der Waals surface area contributed by atoms with Crippen molar-refractivity contribution in [2.75, 3.05) is 7.11 Å². The van der Waals surface area contributed by atoms with Gasteiger partial charge in [0.1, 0.15) is 11.6 Å². The third kappa shape index (κ3) is 2.70. The van der Waals surface area contributed by atoms with Crippen LogP contribution in [-0.2, 0) is 0 Å². The summed E-state index contributed by atoms with van der Waals surface area (Å²) in [6.07, 6.45) is 2.90. The molecule has 0 unspecified atom stereocenters. The Kier molecular flexibility index (Phi) is 3.53. The Bertz CT molecular complexity index is 897. The van der Waals surface area contributed by atoms with Crippen molar-refractivity contribution in [3.63, 3.8) is 0 Å². The monoisotopic (exact) mass is 369 g/mol. The number of benzene rings is 1. The summed E-state index contributed by atoms with van der Waals surface area (Å²) >= 11 is 3.52. The van der Waals surface area contributed by atoms with Gasteiger partial charge < -0.3 is 4.74 Å². The minimum absolute atomic E-state index is 0.383. The number of hydrogen-bond donors (Lipinski definition) is 0. The fourth-order valence-electron chi connectivity index (χ4n) is 3.01. The van der Waals surface area contributed by atoms with E-state index in [0.29, 0.717) is 11.8 Å². The molecule has 2 heterocycles. The largest absolute Gasteiger partial charge is 0.496 e. The zero-order valence-corrected chi connectivity index (χ0v) is 14.5. The van der Waals surface area contributed by atoms with Crippen molar-refractivity contribution in [2.24, 2.45) is 0 Å². The van der Waals surface area contributed by atoms with Crippen LogP contribution < -0.4 is 4.74 Å². The summed E-state index contributed by atoms with van der Waals surface area (Å²) in [7, 11) is 1.68. The molecular formula is C18H16BrN3O. The summed E-state index contributed by atoms with van der Waals surface area (Å²) in [4.78, 5) is 13.8. The number of hydrogen-bond acceptors (Lipinski definition) is 4. The lowest BCUT2D eigenvalue weighted by molar-refractivity contribution is 0.419. The van der Waals surface area contributed by atoms with Gasteiger partial charge in [0, 0.05) is 39.3 Å². The Morgan fingerprint density at radius 2 is 2.00 bits per heavy atom. The van der Waals surface area contributed by atoms with Crippen LogP contribution in [0, 0.1) is 6.92 Å². The predicted molar refractivity (Wildman–Crippen MR) is 92.9 cm³/mol. The lowest BCUT2D eigenvalue weighted by Crippen LogP contribution is -1.96. The average Bonchev–Trinajstić information content (AvgIpc) is 3.34. The second kappa shape index (κ2) is 5.57. The molecule has 5 heteroatoms. The van der Waals surface area contributed by atoms with Crippen molar-refractivity contribution >= 4 is 26.8 Å². The lowest BCUT2D eigenvalue weighted by Gasteiger charge is -2.08. The maximum absolute atomic E-state index is 5.44. The molecule has 0 aliphatic heterocycles. The molecule has 1 aromatic carbocycles. The average molecular weight is 370 g/mol. The van der Waals surface area contributed by atoms with Gasteiger partial charge in [0.05, 0.1) is 12.6 Å². The van der Waals surface area contributed by atoms with Crippen molar-refractivity contribution in [3.8, 4) is 5.75 Å². The van der Waals surface area contributed by atoms with Gasteiger partial charge in [0.2, 0.25) is 0 Å². The first kappa shape index (κ1) is 14.6. The number of nitrogens with zero attached hydrogens (tertiary/aromatic N) is 3. The lowest BCUT2D eigenvalue weighted by atomic mass is 10.1. The topological polar surface area (TPSA) is 47.9 Å². The number of rotatable bonds is 3. The van der Waals surface area contributed by atoms with Crippen LogP contribution in [0.2, 0.25) is 0 Å². The standard InChI is InChI=1S/C18H16BrN3O/c1-10-5-6-20-18(21-10)14-9-13(14)15-4-3-12-16(22-15)7-11(19)8-17(12)23-2/h3-8,13-14H,9H2,1-2H3/t13-,14-/m0/s1. The Morgan fingerprint density at radius 1 is 1.13 bits per heavy atom. The Labute approximate surface area is 143 Å². The fraction of sp³-hybridized carbons (Fsp3) is 0.278. The molecule has 0 bridgehead atoms. The first-order valence-electron chi connectivity index (χ1n) is 7.59.